The molecule has 9 heteroatoms. The second-order valence-electron chi connectivity index (χ2n) is 7.54. The first-order chi connectivity index (χ1) is 10.9. The van der Waals surface area contributed by atoms with E-state index in [1.54, 1.807) is 41.5 Å². The quantitative estimate of drug-likeness (QED) is 0.309. The third-order valence-corrected chi connectivity index (χ3v) is 12.2. The van der Waals surface area contributed by atoms with Crippen molar-refractivity contribution in [3.05, 3.63) is 0 Å². The first kappa shape index (κ1) is 24.1. The minimum absolute atomic E-state index is 0.189. The Morgan fingerprint density at radius 2 is 1.04 bits per heavy atom. The molecule has 0 aliphatic heterocycles. The van der Waals surface area contributed by atoms with Crippen LogP contribution in [0.4, 0.5) is 26.3 Å². The summed E-state index contributed by atoms with van der Waals surface area (Å²) in [6.45, 7) is 10.2. The normalized spacial score (nSPS) is 14.6. The van der Waals surface area contributed by atoms with E-state index in [9.17, 15) is 35.9 Å². The van der Waals surface area contributed by atoms with Crippen molar-refractivity contribution in [1.82, 2.24) is 0 Å². The maximum Gasteiger partial charge on any atom is 0.409 e. The average Bonchev–Trinajstić information content (AvgIpc) is 2.33. The maximum atomic E-state index is 13.0. The van der Waals surface area contributed by atoms with E-state index in [-0.39, 0.29) is 23.5 Å². The van der Waals surface area contributed by atoms with Gasteiger partial charge in [0.25, 0.3) is 0 Å². The zero-order valence-electron chi connectivity index (χ0n) is 15.5. The highest BCUT2D eigenvalue weighted by molar-refractivity contribution is 7.09. The van der Waals surface area contributed by atoms with Crippen LogP contribution in [0.2, 0.25) is 16.6 Å². The number of alkyl halides is 6. The van der Waals surface area contributed by atoms with Crippen molar-refractivity contribution in [1.29, 1.82) is 0 Å². The van der Waals surface area contributed by atoms with E-state index in [2.05, 4.69) is 0 Å². The van der Waals surface area contributed by atoms with Crippen molar-refractivity contribution in [2.24, 2.45) is 5.41 Å². The summed E-state index contributed by atoms with van der Waals surface area (Å²) in [4.78, 5) is 24.9. The van der Waals surface area contributed by atoms with Crippen LogP contribution in [0.1, 0.15) is 54.9 Å². The van der Waals surface area contributed by atoms with E-state index >= 15 is 0 Å². The molecule has 148 valence electrons. The molecule has 0 heterocycles. The lowest BCUT2D eigenvalue weighted by molar-refractivity contribution is -0.318. The first-order valence-corrected chi connectivity index (χ1v) is 10.3. The summed E-state index contributed by atoms with van der Waals surface area (Å²) in [5, 5.41) is -0.739. The summed E-state index contributed by atoms with van der Waals surface area (Å²) in [6.07, 6.45) is -13.0. The molecule has 2 nitrogen and oxygen atoms in total. The van der Waals surface area contributed by atoms with Gasteiger partial charge in [0, 0.05) is 0 Å². The number of hydrogen-bond donors (Lipinski definition) is 0. The van der Waals surface area contributed by atoms with Gasteiger partial charge < -0.3 is 4.79 Å². The molecule has 0 rings (SSSR count). The Morgan fingerprint density at radius 1 is 0.760 bits per heavy atom. The van der Waals surface area contributed by atoms with Gasteiger partial charge in [-0.2, -0.15) is 26.3 Å². The summed E-state index contributed by atoms with van der Waals surface area (Å²) in [7, 11) is -2.99. The van der Waals surface area contributed by atoms with Gasteiger partial charge in [-0.05, 0) is 23.5 Å². The van der Waals surface area contributed by atoms with Gasteiger partial charge in [-0.3, -0.25) is 4.79 Å². The fourth-order valence-electron chi connectivity index (χ4n) is 3.92. The molecule has 0 amide bonds. The van der Waals surface area contributed by atoms with Crippen LogP contribution in [0.3, 0.4) is 0 Å². The van der Waals surface area contributed by atoms with Gasteiger partial charge in [-0.15, -0.1) is 0 Å². The molecule has 0 aliphatic carbocycles. The van der Waals surface area contributed by atoms with Crippen LogP contribution >= 0.6 is 0 Å². The molecule has 0 fully saturated rings. The molecule has 0 aromatic carbocycles. The van der Waals surface area contributed by atoms with Crippen molar-refractivity contribution in [2.45, 2.75) is 83.9 Å². The van der Waals surface area contributed by atoms with Crippen molar-refractivity contribution < 1.29 is 35.9 Å². The van der Waals surface area contributed by atoms with E-state index in [0.717, 1.165) is 0 Å². The molecule has 0 aliphatic rings. The number of carbonyl (C=O) groups excluding carboxylic acids is 2. The van der Waals surface area contributed by atoms with Crippen LogP contribution < -0.4 is 0 Å². The van der Waals surface area contributed by atoms with E-state index in [1.807, 2.05) is 0 Å². The fourth-order valence-corrected chi connectivity index (χ4v) is 10.3. The van der Waals surface area contributed by atoms with E-state index in [1.165, 1.54) is 0 Å². The van der Waals surface area contributed by atoms with Gasteiger partial charge in [0.1, 0.15) is 13.5 Å². The van der Waals surface area contributed by atoms with Crippen LogP contribution in [0.15, 0.2) is 0 Å². The summed E-state index contributed by atoms with van der Waals surface area (Å²) >= 11 is 0. The van der Waals surface area contributed by atoms with Gasteiger partial charge in [0.15, 0.2) is 5.78 Å². The molecule has 0 aromatic heterocycles. The van der Waals surface area contributed by atoms with Gasteiger partial charge in [0.05, 0.1) is 6.42 Å². The summed E-state index contributed by atoms with van der Waals surface area (Å²) in [5.41, 5.74) is -5.18. The number of hydrogen-bond acceptors (Lipinski definition) is 2. The monoisotopic (exact) mass is 392 g/mol. The smallest absolute Gasteiger partial charge is 0.305 e. The second-order valence-corrected chi connectivity index (χ2v) is 13.4. The highest BCUT2D eigenvalue weighted by atomic mass is 28.3. The Hall–Kier alpha value is -0.863. The predicted molar refractivity (Wildman–Crippen MR) is 85.9 cm³/mol. The third kappa shape index (κ3) is 3.95. The lowest BCUT2D eigenvalue weighted by Crippen LogP contribution is -2.57. The SMILES string of the molecule is CC(C)[Si](C(=O)CC(=O)C(C)(C(F)(F)F)C(F)(F)F)(C(C)C)C(C)C. The van der Waals surface area contributed by atoms with Gasteiger partial charge in [0.2, 0.25) is 5.41 Å². The molecule has 0 saturated carbocycles. The largest absolute Gasteiger partial charge is 0.409 e. The number of halogens is 6. The molecule has 25 heavy (non-hydrogen) atoms. The lowest BCUT2D eigenvalue weighted by Gasteiger charge is -2.42. The van der Waals surface area contributed by atoms with Gasteiger partial charge in [-0.1, -0.05) is 41.5 Å². The number of carbonyl (C=O) groups is 2. The lowest BCUT2D eigenvalue weighted by atomic mass is 9.82. The molecular formula is C16H26F6O2Si. The Kier molecular flexibility index (Phi) is 7.15. The first-order valence-electron chi connectivity index (χ1n) is 8.08. The predicted octanol–water partition coefficient (Wildman–Crippen LogP) is 5.86. The fraction of sp³-hybridized carbons (Fsp3) is 0.875. The molecule has 0 radical (unpaired) electrons. The summed E-state index contributed by atoms with van der Waals surface area (Å²) in [6, 6.07) is 0. The van der Waals surface area contributed by atoms with Crippen LogP contribution in [0.5, 0.6) is 0 Å². The molecule has 0 unspecified atom stereocenters. The zero-order valence-corrected chi connectivity index (χ0v) is 16.5. The molecular weight excluding hydrogens is 366 g/mol. The minimum Gasteiger partial charge on any atom is -0.305 e. The average molecular weight is 392 g/mol. The zero-order chi connectivity index (χ0) is 20.6. The van der Waals surface area contributed by atoms with Crippen LogP contribution in [0.25, 0.3) is 0 Å². The summed E-state index contributed by atoms with van der Waals surface area (Å²) in [5.74, 6) is -2.13. The molecule has 0 aromatic rings. The number of rotatable bonds is 7. The van der Waals surface area contributed by atoms with Crippen molar-refractivity contribution in [3.8, 4) is 0 Å². The van der Waals surface area contributed by atoms with Crippen molar-refractivity contribution >= 4 is 19.3 Å². The number of Topliss-reactive ketones (excluding diaryl/α,β-unsaturated/α-hetero) is 1. The molecule has 0 saturated heterocycles. The molecule has 0 bridgehead atoms. The molecule has 0 spiro atoms. The topological polar surface area (TPSA) is 34.1 Å². The second kappa shape index (κ2) is 7.40. The van der Waals surface area contributed by atoms with Crippen molar-refractivity contribution in [3.63, 3.8) is 0 Å². The van der Waals surface area contributed by atoms with Crippen molar-refractivity contribution in [2.75, 3.05) is 0 Å². The minimum atomic E-state index is -5.82. The number of ketones is 1. The Morgan fingerprint density at radius 3 is 1.24 bits per heavy atom. The van der Waals surface area contributed by atoms with Crippen LogP contribution in [-0.2, 0) is 9.59 Å². The Balaban J connectivity index is 6.06. The van der Waals surface area contributed by atoms with Gasteiger partial charge in [-0.25, -0.2) is 0 Å². The Labute approximate surface area is 145 Å². The highest BCUT2D eigenvalue weighted by Crippen LogP contribution is 2.52. The standard InChI is InChI=1S/C16H26F6O2Si/c1-9(2)25(10(3)4,11(5)6)13(24)8-12(23)14(7,15(17,18)19)16(20,21)22/h9-11H,8H2,1-7H3. The Bertz CT molecular complexity index is 458. The van der Waals surface area contributed by atoms with E-state index < -0.39 is 43.5 Å². The highest BCUT2D eigenvalue weighted by Gasteiger charge is 2.72. The van der Waals surface area contributed by atoms with E-state index in [0.29, 0.717) is 0 Å². The van der Waals surface area contributed by atoms with Gasteiger partial charge >= 0.3 is 12.4 Å². The molecule has 0 N–H and O–H groups in total. The maximum absolute atomic E-state index is 13.0. The third-order valence-electron chi connectivity index (χ3n) is 5.36. The molecule has 0 atom stereocenters. The summed E-state index contributed by atoms with van der Waals surface area (Å²) < 4.78 is 78.2. The van der Waals surface area contributed by atoms with Crippen LogP contribution in [0, 0.1) is 5.41 Å². The van der Waals surface area contributed by atoms with E-state index in [4.69, 9.17) is 0 Å². The van der Waals surface area contributed by atoms with Crippen LogP contribution in [-0.4, -0.2) is 31.6 Å².